The number of sulfonamides is 1. The van der Waals surface area contributed by atoms with Crippen molar-refractivity contribution in [1.29, 1.82) is 0 Å². The molecule has 0 radical (unpaired) electrons. The van der Waals surface area contributed by atoms with Crippen LogP contribution < -0.4 is 14.8 Å². The van der Waals surface area contributed by atoms with Crippen LogP contribution in [0.1, 0.15) is 24.2 Å². The number of nitrogens with zero attached hydrogens (tertiary/aromatic N) is 1. The molecule has 0 bridgehead atoms. The number of ether oxygens (including phenoxy) is 1. The lowest BCUT2D eigenvalue weighted by atomic mass is 10.1. The van der Waals surface area contributed by atoms with Crippen LogP contribution in [0.15, 0.2) is 76.0 Å². The highest BCUT2D eigenvalue weighted by Crippen LogP contribution is 2.27. The Labute approximate surface area is 191 Å². The predicted molar refractivity (Wildman–Crippen MR) is 126 cm³/mol. The highest BCUT2D eigenvalue weighted by Gasteiger charge is 2.22. The Morgan fingerprint density at radius 2 is 1.76 bits per heavy atom. The van der Waals surface area contributed by atoms with Gasteiger partial charge in [0, 0.05) is 22.9 Å². The molecule has 4 aromatic rings. The monoisotopic (exact) mass is 465 g/mol. The van der Waals surface area contributed by atoms with E-state index in [4.69, 9.17) is 9.15 Å². The van der Waals surface area contributed by atoms with E-state index in [0.29, 0.717) is 17.2 Å². The van der Waals surface area contributed by atoms with E-state index in [0.717, 1.165) is 11.1 Å². The van der Waals surface area contributed by atoms with Gasteiger partial charge in [-0.15, -0.1) is 0 Å². The Morgan fingerprint density at radius 3 is 2.42 bits per heavy atom. The number of hydrogen-bond acceptors (Lipinski definition) is 6. The molecule has 1 amide bonds. The van der Waals surface area contributed by atoms with Crippen molar-refractivity contribution in [1.82, 2.24) is 9.71 Å². The lowest BCUT2D eigenvalue weighted by molar-refractivity contribution is 0.102. The number of para-hydroxylation sites is 2. The summed E-state index contributed by atoms with van der Waals surface area (Å²) in [6.07, 6.45) is 0. The first-order chi connectivity index (χ1) is 15.8. The first-order valence-electron chi connectivity index (χ1n) is 10.2. The predicted octanol–water partition coefficient (Wildman–Crippen LogP) is 4.44. The summed E-state index contributed by atoms with van der Waals surface area (Å²) in [6, 6.07) is 18.5. The highest BCUT2D eigenvalue weighted by molar-refractivity contribution is 7.89. The zero-order chi connectivity index (χ0) is 23.6. The number of nitrogens with one attached hydrogen (secondary N) is 2. The summed E-state index contributed by atoms with van der Waals surface area (Å²) in [5.41, 5.74) is 2.95. The van der Waals surface area contributed by atoms with E-state index in [1.54, 1.807) is 38.1 Å². The Hall–Kier alpha value is -3.69. The van der Waals surface area contributed by atoms with Crippen LogP contribution in [0.25, 0.3) is 22.6 Å². The van der Waals surface area contributed by atoms with E-state index in [-0.39, 0.29) is 22.3 Å². The first kappa shape index (κ1) is 22.5. The van der Waals surface area contributed by atoms with Crippen LogP contribution in [0.4, 0.5) is 5.69 Å². The Kier molecular flexibility index (Phi) is 6.17. The largest absolute Gasteiger partial charge is 0.495 e. The third-order valence-electron chi connectivity index (χ3n) is 4.79. The van der Waals surface area contributed by atoms with Crippen LogP contribution in [-0.4, -0.2) is 32.5 Å². The number of methoxy groups -OCH3 is 1. The molecule has 2 N–H and O–H groups in total. The number of oxazole rings is 1. The van der Waals surface area contributed by atoms with Gasteiger partial charge in [0.1, 0.15) is 16.2 Å². The van der Waals surface area contributed by atoms with Crippen LogP contribution in [0.2, 0.25) is 0 Å². The smallest absolute Gasteiger partial charge is 0.255 e. The molecule has 0 aliphatic heterocycles. The number of benzene rings is 3. The minimum Gasteiger partial charge on any atom is -0.495 e. The maximum absolute atomic E-state index is 12.8. The maximum atomic E-state index is 12.8. The molecule has 4 rings (SSSR count). The van der Waals surface area contributed by atoms with Gasteiger partial charge in [-0.1, -0.05) is 12.1 Å². The molecule has 0 unspecified atom stereocenters. The Bertz CT molecular complexity index is 1380. The molecule has 9 heteroatoms. The fourth-order valence-corrected chi connectivity index (χ4v) is 4.74. The first-order valence-corrected chi connectivity index (χ1v) is 11.7. The number of aromatic nitrogens is 1. The number of hydrogen-bond donors (Lipinski definition) is 2. The molecule has 1 aromatic heterocycles. The molecule has 0 atom stereocenters. The summed E-state index contributed by atoms with van der Waals surface area (Å²) in [4.78, 5) is 17.2. The van der Waals surface area contributed by atoms with Crippen molar-refractivity contribution >= 4 is 32.7 Å². The van der Waals surface area contributed by atoms with Gasteiger partial charge in [0.2, 0.25) is 15.9 Å². The van der Waals surface area contributed by atoms with Gasteiger partial charge in [-0.2, -0.15) is 0 Å². The molecular formula is C24H23N3O5S. The minimum atomic E-state index is -3.85. The van der Waals surface area contributed by atoms with Crippen LogP contribution in [0.3, 0.4) is 0 Å². The normalized spacial score (nSPS) is 11.6. The van der Waals surface area contributed by atoms with E-state index >= 15 is 0 Å². The van der Waals surface area contributed by atoms with Crippen molar-refractivity contribution in [2.45, 2.75) is 24.8 Å². The van der Waals surface area contributed by atoms with E-state index in [1.165, 1.54) is 25.3 Å². The maximum Gasteiger partial charge on any atom is 0.255 e. The number of amides is 1. The molecule has 170 valence electrons. The van der Waals surface area contributed by atoms with E-state index in [9.17, 15) is 13.2 Å². The molecule has 0 saturated carbocycles. The van der Waals surface area contributed by atoms with Crippen molar-refractivity contribution < 1.29 is 22.4 Å². The van der Waals surface area contributed by atoms with E-state index < -0.39 is 15.9 Å². The second-order valence-electron chi connectivity index (χ2n) is 7.66. The van der Waals surface area contributed by atoms with Crippen molar-refractivity contribution in [3.63, 3.8) is 0 Å². The number of rotatable bonds is 7. The average molecular weight is 466 g/mol. The summed E-state index contributed by atoms with van der Waals surface area (Å²) in [5.74, 6) is 0.187. The second-order valence-corrected chi connectivity index (χ2v) is 9.34. The van der Waals surface area contributed by atoms with Crippen molar-refractivity contribution in [3.05, 3.63) is 72.3 Å². The van der Waals surface area contributed by atoms with Gasteiger partial charge in [-0.25, -0.2) is 18.1 Å². The van der Waals surface area contributed by atoms with Crippen LogP contribution in [0, 0.1) is 0 Å². The molecular weight excluding hydrogens is 442 g/mol. The topological polar surface area (TPSA) is 111 Å². The highest BCUT2D eigenvalue weighted by atomic mass is 32.2. The molecule has 0 spiro atoms. The molecule has 0 saturated heterocycles. The van der Waals surface area contributed by atoms with Gasteiger partial charge in [-0.05, 0) is 68.4 Å². The zero-order valence-electron chi connectivity index (χ0n) is 18.3. The van der Waals surface area contributed by atoms with Crippen molar-refractivity contribution in [2.24, 2.45) is 0 Å². The van der Waals surface area contributed by atoms with E-state index in [2.05, 4.69) is 15.0 Å². The quantitative estimate of drug-likeness (QED) is 0.417. The molecule has 0 aliphatic rings. The van der Waals surface area contributed by atoms with E-state index in [1.807, 2.05) is 24.3 Å². The van der Waals surface area contributed by atoms with Crippen LogP contribution in [-0.2, 0) is 10.0 Å². The lowest BCUT2D eigenvalue weighted by Gasteiger charge is -2.14. The van der Waals surface area contributed by atoms with Gasteiger partial charge in [0.15, 0.2) is 5.58 Å². The lowest BCUT2D eigenvalue weighted by Crippen LogP contribution is -2.30. The fourth-order valence-electron chi connectivity index (χ4n) is 3.30. The van der Waals surface area contributed by atoms with Crippen molar-refractivity contribution in [3.8, 4) is 17.2 Å². The summed E-state index contributed by atoms with van der Waals surface area (Å²) in [6.45, 7) is 3.43. The molecule has 1 heterocycles. The molecule has 33 heavy (non-hydrogen) atoms. The number of fused-ring (bicyclic) bond motifs is 1. The number of carbonyl (C=O) groups excluding carboxylic acids is 1. The molecule has 8 nitrogen and oxygen atoms in total. The molecule has 0 aliphatic carbocycles. The summed E-state index contributed by atoms with van der Waals surface area (Å²) >= 11 is 0. The Morgan fingerprint density at radius 1 is 1.03 bits per heavy atom. The van der Waals surface area contributed by atoms with Gasteiger partial charge in [0.05, 0.1) is 7.11 Å². The van der Waals surface area contributed by atoms with Crippen LogP contribution in [0.5, 0.6) is 5.75 Å². The number of carbonyl (C=O) groups is 1. The molecule has 3 aromatic carbocycles. The third kappa shape index (κ3) is 4.89. The SMILES string of the molecule is COc1ccc(C(=O)Nc2ccc(-c3nc4ccccc4o3)cc2)cc1S(=O)(=O)NC(C)C. The molecule has 0 fully saturated rings. The van der Waals surface area contributed by atoms with Gasteiger partial charge in [0.25, 0.3) is 5.91 Å². The second kappa shape index (κ2) is 9.05. The summed E-state index contributed by atoms with van der Waals surface area (Å²) < 4.78 is 38.8. The average Bonchev–Trinajstić information content (AvgIpc) is 3.22. The van der Waals surface area contributed by atoms with Gasteiger partial charge < -0.3 is 14.5 Å². The Balaban J connectivity index is 1.55. The standard InChI is InChI=1S/C24H23N3O5S/c1-15(2)27-33(29,30)22-14-17(10-13-21(22)31-3)23(28)25-18-11-8-16(9-12-18)24-26-19-6-4-5-7-20(19)32-24/h4-15,27H,1-3H3,(H,25,28). The fraction of sp³-hybridized carbons (Fsp3) is 0.167. The minimum absolute atomic E-state index is 0.0994. The van der Waals surface area contributed by atoms with Crippen molar-refractivity contribution in [2.75, 3.05) is 12.4 Å². The zero-order valence-corrected chi connectivity index (χ0v) is 19.1. The third-order valence-corrected chi connectivity index (χ3v) is 6.47. The number of anilines is 1. The van der Waals surface area contributed by atoms with Gasteiger partial charge >= 0.3 is 0 Å². The summed E-state index contributed by atoms with van der Waals surface area (Å²) in [5, 5.41) is 2.77. The van der Waals surface area contributed by atoms with Crippen LogP contribution >= 0.6 is 0 Å². The van der Waals surface area contributed by atoms with Gasteiger partial charge in [-0.3, -0.25) is 4.79 Å². The summed E-state index contributed by atoms with van der Waals surface area (Å²) in [7, 11) is -2.47.